The van der Waals surface area contributed by atoms with Gasteiger partial charge in [0.25, 0.3) is 5.91 Å². The monoisotopic (exact) mass is 358 g/mol. The Kier molecular flexibility index (Phi) is 4.44. The van der Waals surface area contributed by atoms with Gasteiger partial charge in [-0.1, -0.05) is 0 Å². The molecule has 26 heavy (non-hydrogen) atoms. The number of amides is 1. The zero-order valence-electron chi connectivity index (χ0n) is 15.7. The summed E-state index contributed by atoms with van der Waals surface area (Å²) in [5.74, 6) is 0.0298. The van der Waals surface area contributed by atoms with Crippen molar-refractivity contribution in [3.8, 4) is 0 Å². The molecule has 2 saturated heterocycles. The number of hydrogen-bond acceptors (Lipinski definition) is 5. The van der Waals surface area contributed by atoms with E-state index in [0.717, 1.165) is 36.1 Å². The normalized spacial score (nSPS) is 22.9. The Labute approximate surface area is 153 Å². The third-order valence-electron chi connectivity index (χ3n) is 5.43. The van der Waals surface area contributed by atoms with Crippen molar-refractivity contribution in [2.24, 2.45) is 0 Å². The topological polar surface area (TPSA) is 69.5 Å². The zero-order chi connectivity index (χ0) is 18.3. The standard InChI is InChI=1S/C19H26N4O3/c1-4-23-17-15(10-20-23)9-16(14(3)21-17)18(24)22-11-13(2)26-19(12-22)5-7-25-8-6-19/h9-10,13H,4-8,11-12H2,1-3H3. The molecule has 140 valence electrons. The fraction of sp³-hybridized carbons (Fsp3) is 0.632. The van der Waals surface area contributed by atoms with Gasteiger partial charge in [0.2, 0.25) is 0 Å². The molecule has 0 aromatic carbocycles. The largest absolute Gasteiger partial charge is 0.381 e. The number of hydrogen-bond donors (Lipinski definition) is 0. The number of nitrogens with zero attached hydrogens (tertiary/aromatic N) is 4. The molecule has 1 spiro atoms. The minimum Gasteiger partial charge on any atom is -0.381 e. The Morgan fingerprint density at radius 2 is 2.15 bits per heavy atom. The Bertz CT molecular complexity index is 826. The van der Waals surface area contributed by atoms with E-state index in [4.69, 9.17) is 9.47 Å². The molecule has 0 aliphatic carbocycles. The number of morpholine rings is 1. The molecule has 0 bridgehead atoms. The lowest BCUT2D eigenvalue weighted by atomic mass is 9.91. The van der Waals surface area contributed by atoms with E-state index in [0.29, 0.717) is 31.9 Å². The maximum Gasteiger partial charge on any atom is 0.255 e. The summed E-state index contributed by atoms with van der Waals surface area (Å²) < 4.78 is 13.6. The molecule has 1 unspecified atom stereocenters. The van der Waals surface area contributed by atoms with E-state index < -0.39 is 0 Å². The maximum atomic E-state index is 13.3. The second kappa shape index (κ2) is 6.63. The molecule has 7 nitrogen and oxygen atoms in total. The van der Waals surface area contributed by atoms with Crippen LogP contribution in [-0.2, 0) is 16.0 Å². The van der Waals surface area contributed by atoms with Crippen molar-refractivity contribution in [3.63, 3.8) is 0 Å². The second-order valence-corrected chi connectivity index (χ2v) is 7.40. The van der Waals surface area contributed by atoms with E-state index in [9.17, 15) is 4.79 Å². The van der Waals surface area contributed by atoms with Crippen LogP contribution in [0.25, 0.3) is 11.0 Å². The van der Waals surface area contributed by atoms with Crippen molar-refractivity contribution >= 4 is 16.9 Å². The summed E-state index contributed by atoms with van der Waals surface area (Å²) in [6.45, 7) is 9.33. The van der Waals surface area contributed by atoms with Crippen molar-refractivity contribution < 1.29 is 14.3 Å². The van der Waals surface area contributed by atoms with Gasteiger partial charge in [-0.15, -0.1) is 0 Å². The number of carbonyl (C=O) groups excluding carboxylic acids is 1. The van der Waals surface area contributed by atoms with Crippen LogP contribution in [0.5, 0.6) is 0 Å². The van der Waals surface area contributed by atoms with Crippen LogP contribution in [0.1, 0.15) is 42.7 Å². The minimum atomic E-state index is -0.274. The summed E-state index contributed by atoms with van der Waals surface area (Å²) in [6, 6.07) is 1.93. The summed E-state index contributed by atoms with van der Waals surface area (Å²) in [5, 5.41) is 5.25. The zero-order valence-corrected chi connectivity index (χ0v) is 15.7. The van der Waals surface area contributed by atoms with Gasteiger partial charge in [-0.2, -0.15) is 5.10 Å². The van der Waals surface area contributed by atoms with E-state index in [1.807, 2.05) is 36.4 Å². The van der Waals surface area contributed by atoms with E-state index in [-0.39, 0.29) is 17.6 Å². The maximum absolute atomic E-state index is 13.3. The highest BCUT2D eigenvalue weighted by Crippen LogP contribution is 2.32. The van der Waals surface area contributed by atoms with Crippen LogP contribution in [0.4, 0.5) is 0 Å². The van der Waals surface area contributed by atoms with Gasteiger partial charge < -0.3 is 14.4 Å². The van der Waals surface area contributed by atoms with Gasteiger partial charge in [0.15, 0.2) is 5.65 Å². The van der Waals surface area contributed by atoms with Gasteiger partial charge in [-0.25, -0.2) is 9.67 Å². The van der Waals surface area contributed by atoms with Crippen LogP contribution in [0.3, 0.4) is 0 Å². The van der Waals surface area contributed by atoms with Crippen LogP contribution in [-0.4, -0.2) is 63.6 Å². The van der Waals surface area contributed by atoms with Crippen LogP contribution >= 0.6 is 0 Å². The van der Waals surface area contributed by atoms with Crippen molar-refractivity contribution in [3.05, 3.63) is 23.5 Å². The summed E-state index contributed by atoms with van der Waals surface area (Å²) >= 11 is 0. The second-order valence-electron chi connectivity index (χ2n) is 7.40. The predicted molar refractivity (Wildman–Crippen MR) is 97.2 cm³/mol. The predicted octanol–water partition coefficient (Wildman–Crippen LogP) is 2.17. The van der Waals surface area contributed by atoms with E-state index in [1.54, 1.807) is 6.20 Å². The number of aromatic nitrogens is 3. The molecule has 0 N–H and O–H groups in total. The Morgan fingerprint density at radius 1 is 1.38 bits per heavy atom. The average Bonchev–Trinajstić information content (AvgIpc) is 3.02. The van der Waals surface area contributed by atoms with Crippen molar-refractivity contribution in [2.45, 2.75) is 51.9 Å². The quantitative estimate of drug-likeness (QED) is 0.823. The van der Waals surface area contributed by atoms with Gasteiger partial charge in [-0.05, 0) is 26.8 Å². The van der Waals surface area contributed by atoms with Gasteiger partial charge >= 0.3 is 0 Å². The van der Waals surface area contributed by atoms with Gasteiger partial charge in [0, 0.05) is 44.5 Å². The lowest BCUT2D eigenvalue weighted by molar-refractivity contribution is -0.176. The molecule has 0 radical (unpaired) electrons. The summed E-state index contributed by atoms with van der Waals surface area (Å²) in [4.78, 5) is 19.9. The molecule has 2 aliphatic rings. The summed E-state index contributed by atoms with van der Waals surface area (Å²) in [7, 11) is 0. The van der Waals surface area contributed by atoms with Crippen molar-refractivity contribution in [2.75, 3.05) is 26.3 Å². The third-order valence-corrected chi connectivity index (χ3v) is 5.43. The summed E-state index contributed by atoms with van der Waals surface area (Å²) in [5.41, 5.74) is 1.96. The van der Waals surface area contributed by atoms with E-state index in [2.05, 4.69) is 10.1 Å². The first-order valence-corrected chi connectivity index (χ1v) is 9.39. The minimum absolute atomic E-state index is 0.0191. The fourth-order valence-corrected chi connectivity index (χ4v) is 4.11. The molecule has 2 aliphatic heterocycles. The number of pyridine rings is 1. The van der Waals surface area contributed by atoms with E-state index in [1.165, 1.54) is 0 Å². The number of ether oxygens (including phenoxy) is 2. The first-order valence-electron chi connectivity index (χ1n) is 9.39. The molecule has 2 aromatic rings. The molecule has 1 amide bonds. The molecule has 4 heterocycles. The van der Waals surface area contributed by atoms with Gasteiger partial charge in [0.1, 0.15) is 0 Å². The molecule has 7 heteroatoms. The molecule has 4 rings (SSSR count). The lowest BCUT2D eigenvalue weighted by Gasteiger charge is -2.47. The lowest BCUT2D eigenvalue weighted by Crippen LogP contribution is -2.58. The number of rotatable bonds is 2. The molecule has 2 aromatic heterocycles. The van der Waals surface area contributed by atoms with Gasteiger partial charge in [-0.3, -0.25) is 4.79 Å². The molecule has 2 fully saturated rings. The first-order chi connectivity index (χ1) is 12.5. The van der Waals surface area contributed by atoms with E-state index >= 15 is 0 Å². The van der Waals surface area contributed by atoms with Crippen LogP contribution < -0.4 is 0 Å². The Morgan fingerprint density at radius 3 is 2.88 bits per heavy atom. The van der Waals surface area contributed by atoms with Gasteiger partial charge in [0.05, 0.1) is 35.7 Å². The Hall–Kier alpha value is -1.99. The number of fused-ring (bicyclic) bond motifs is 1. The first kappa shape index (κ1) is 17.4. The Balaban J connectivity index is 1.64. The van der Waals surface area contributed by atoms with Crippen LogP contribution in [0.15, 0.2) is 12.3 Å². The molecular formula is C19H26N4O3. The number of carbonyl (C=O) groups is 1. The molecular weight excluding hydrogens is 332 g/mol. The third kappa shape index (κ3) is 2.99. The summed E-state index contributed by atoms with van der Waals surface area (Å²) in [6.07, 6.45) is 3.47. The fourth-order valence-electron chi connectivity index (χ4n) is 4.11. The highest BCUT2D eigenvalue weighted by atomic mass is 16.5. The molecule has 1 atom stereocenters. The molecule has 0 saturated carbocycles. The van der Waals surface area contributed by atoms with Crippen molar-refractivity contribution in [1.82, 2.24) is 19.7 Å². The van der Waals surface area contributed by atoms with Crippen LogP contribution in [0.2, 0.25) is 0 Å². The highest BCUT2D eigenvalue weighted by Gasteiger charge is 2.42. The van der Waals surface area contributed by atoms with Crippen molar-refractivity contribution in [1.29, 1.82) is 0 Å². The SMILES string of the molecule is CCn1ncc2cc(C(=O)N3CC(C)OC4(CCOCC4)C3)c(C)nc21. The highest BCUT2D eigenvalue weighted by molar-refractivity contribution is 5.98. The smallest absolute Gasteiger partial charge is 0.255 e. The number of aryl methyl sites for hydroxylation is 2. The van der Waals surface area contributed by atoms with Crippen LogP contribution in [0, 0.1) is 6.92 Å². The average molecular weight is 358 g/mol.